The molecule has 2 N–H and O–H groups in total. The number of nitrogens with one attached hydrogen (secondary N) is 2. The summed E-state index contributed by atoms with van der Waals surface area (Å²) in [6, 6.07) is 6.01. The standard InChI is InChI=1S/C14H16N2O4/c1-9-3-5-12(20-9)11(8-19-2)16-14(18)10-4-6-13(17)15-7-10/h3-7,11H,8H2,1-2H3,(H,15,17)(H,16,18)/t11-/m0/s1. The molecule has 106 valence electrons. The summed E-state index contributed by atoms with van der Waals surface area (Å²) in [6.45, 7) is 2.12. The quantitative estimate of drug-likeness (QED) is 0.864. The lowest BCUT2D eigenvalue weighted by Crippen LogP contribution is -2.31. The summed E-state index contributed by atoms with van der Waals surface area (Å²) < 4.78 is 10.6. The Kier molecular flexibility index (Phi) is 4.37. The summed E-state index contributed by atoms with van der Waals surface area (Å²) in [7, 11) is 1.55. The zero-order valence-corrected chi connectivity index (χ0v) is 11.3. The van der Waals surface area contributed by atoms with E-state index in [1.54, 1.807) is 13.2 Å². The molecule has 6 nitrogen and oxygen atoms in total. The van der Waals surface area contributed by atoms with Gasteiger partial charge in [0, 0.05) is 19.4 Å². The van der Waals surface area contributed by atoms with E-state index in [0.717, 1.165) is 5.76 Å². The summed E-state index contributed by atoms with van der Waals surface area (Å²) in [5.41, 5.74) is 0.116. The van der Waals surface area contributed by atoms with Gasteiger partial charge in [-0.15, -0.1) is 0 Å². The highest BCUT2D eigenvalue weighted by molar-refractivity contribution is 5.94. The van der Waals surface area contributed by atoms with E-state index in [9.17, 15) is 9.59 Å². The number of aromatic amines is 1. The largest absolute Gasteiger partial charge is 0.464 e. The van der Waals surface area contributed by atoms with Crippen molar-refractivity contribution in [1.29, 1.82) is 0 Å². The Morgan fingerprint density at radius 1 is 1.40 bits per heavy atom. The number of hydrogen-bond donors (Lipinski definition) is 2. The zero-order valence-electron chi connectivity index (χ0n) is 11.3. The van der Waals surface area contributed by atoms with Crippen molar-refractivity contribution < 1.29 is 13.9 Å². The maximum absolute atomic E-state index is 12.1. The number of amides is 1. The molecule has 0 fully saturated rings. The second-order valence-electron chi connectivity index (χ2n) is 4.37. The van der Waals surface area contributed by atoms with Crippen LogP contribution in [0.4, 0.5) is 0 Å². The Hall–Kier alpha value is -2.34. The molecule has 1 atom stereocenters. The van der Waals surface area contributed by atoms with Gasteiger partial charge >= 0.3 is 0 Å². The van der Waals surface area contributed by atoms with Crippen LogP contribution in [-0.2, 0) is 4.74 Å². The van der Waals surface area contributed by atoms with Crippen molar-refractivity contribution in [3.8, 4) is 0 Å². The first kappa shape index (κ1) is 14.1. The SMILES string of the molecule is COC[C@H](NC(=O)c1ccc(=O)[nH]c1)c1ccc(C)o1. The molecule has 0 bridgehead atoms. The highest BCUT2D eigenvalue weighted by Gasteiger charge is 2.18. The van der Waals surface area contributed by atoms with Crippen molar-refractivity contribution in [3.05, 3.63) is 57.9 Å². The van der Waals surface area contributed by atoms with Crippen LogP contribution in [0.5, 0.6) is 0 Å². The van der Waals surface area contributed by atoms with Crippen molar-refractivity contribution in [2.45, 2.75) is 13.0 Å². The topological polar surface area (TPSA) is 84.3 Å². The van der Waals surface area contributed by atoms with Gasteiger partial charge in [-0.1, -0.05) is 0 Å². The Labute approximate surface area is 115 Å². The molecule has 1 amide bonds. The van der Waals surface area contributed by atoms with Crippen LogP contribution in [0.2, 0.25) is 0 Å². The average Bonchev–Trinajstić information content (AvgIpc) is 2.85. The molecule has 0 radical (unpaired) electrons. The van der Waals surface area contributed by atoms with E-state index in [4.69, 9.17) is 9.15 Å². The number of rotatable bonds is 5. The second-order valence-corrected chi connectivity index (χ2v) is 4.37. The molecule has 2 aromatic heterocycles. The van der Waals surface area contributed by atoms with Crippen molar-refractivity contribution in [3.63, 3.8) is 0 Å². The lowest BCUT2D eigenvalue weighted by molar-refractivity contribution is 0.0882. The van der Waals surface area contributed by atoms with Gasteiger partial charge in [-0.2, -0.15) is 0 Å². The monoisotopic (exact) mass is 276 g/mol. The lowest BCUT2D eigenvalue weighted by Gasteiger charge is -2.15. The third kappa shape index (κ3) is 3.36. The van der Waals surface area contributed by atoms with Crippen molar-refractivity contribution in [2.75, 3.05) is 13.7 Å². The number of pyridine rings is 1. The smallest absolute Gasteiger partial charge is 0.253 e. The predicted molar refractivity (Wildman–Crippen MR) is 72.6 cm³/mol. The Morgan fingerprint density at radius 2 is 2.20 bits per heavy atom. The predicted octanol–water partition coefficient (Wildman–Crippen LogP) is 1.39. The van der Waals surface area contributed by atoms with E-state index in [-0.39, 0.29) is 17.5 Å². The lowest BCUT2D eigenvalue weighted by atomic mass is 10.2. The molecule has 0 aliphatic carbocycles. The molecule has 6 heteroatoms. The number of ether oxygens (including phenoxy) is 1. The van der Waals surface area contributed by atoms with Gasteiger partial charge in [0.1, 0.15) is 17.6 Å². The minimum absolute atomic E-state index is 0.253. The van der Waals surface area contributed by atoms with Crippen LogP contribution in [0.25, 0.3) is 0 Å². The number of methoxy groups -OCH3 is 1. The first-order valence-electron chi connectivity index (χ1n) is 6.15. The highest BCUT2D eigenvalue weighted by atomic mass is 16.5. The van der Waals surface area contributed by atoms with Gasteiger partial charge in [-0.05, 0) is 25.1 Å². The van der Waals surface area contributed by atoms with Gasteiger partial charge in [-0.25, -0.2) is 0 Å². The summed E-state index contributed by atoms with van der Waals surface area (Å²) in [5.74, 6) is 1.08. The number of aromatic nitrogens is 1. The van der Waals surface area contributed by atoms with Gasteiger partial charge < -0.3 is 19.5 Å². The fourth-order valence-electron chi connectivity index (χ4n) is 1.80. The molecule has 2 rings (SSSR count). The Bertz CT molecular complexity index is 624. The number of H-pyrrole nitrogens is 1. The summed E-state index contributed by atoms with van der Waals surface area (Å²) in [5, 5.41) is 2.80. The van der Waals surface area contributed by atoms with Crippen LogP contribution in [0.3, 0.4) is 0 Å². The van der Waals surface area contributed by atoms with Gasteiger partial charge in [0.25, 0.3) is 5.91 Å². The number of aryl methyl sites for hydroxylation is 1. The second kappa shape index (κ2) is 6.21. The van der Waals surface area contributed by atoms with Gasteiger partial charge in [0.05, 0.1) is 12.2 Å². The van der Waals surface area contributed by atoms with E-state index in [0.29, 0.717) is 17.9 Å². The fraction of sp³-hybridized carbons (Fsp3) is 0.286. The fourth-order valence-corrected chi connectivity index (χ4v) is 1.80. The van der Waals surface area contributed by atoms with Crippen LogP contribution in [0.15, 0.2) is 39.7 Å². The maximum atomic E-state index is 12.1. The molecule has 20 heavy (non-hydrogen) atoms. The number of carbonyl (C=O) groups is 1. The van der Waals surface area contributed by atoms with Gasteiger partial charge in [-0.3, -0.25) is 9.59 Å². The van der Waals surface area contributed by atoms with Crippen LogP contribution in [-0.4, -0.2) is 24.6 Å². The van der Waals surface area contributed by atoms with E-state index in [1.807, 2.05) is 13.0 Å². The molecule has 0 aromatic carbocycles. The summed E-state index contributed by atoms with van der Waals surface area (Å²) in [6.07, 6.45) is 1.37. The average molecular weight is 276 g/mol. The molecule has 0 saturated heterocycles. The van der Waals surface area contributed by atoms with Crippen molar-refractivity contribution >= 4 is 5.91 Å². The van der Waals surface area contributed by atoms with Crippen LogP contribution < -0.4 is 10.9 Å². The third-order valence-corrected chi connectivity index (χ3v) is 2.79. The molecule has 0 unspecified atom stereocenters. The first-order valence-corrected chi connectivity index (χ1v) is 6.15. The summed E-state index contributed by atoms with van der Waals surface area (Å²) in [4.78, 5) is 25.5. The molecular formula is C14H16N2O4. The summed E-state index contributed by atoms with van der Waals surface area (Å²) >= 11 is 0. The number of hydrogen-bond acceptors (Lipinski definition) is 4. The Balaban J connectivity index is 2.13. The highest BCUT2D eigenvalue weighted by Crippen LogP contribution is 2.17. The molecule has 0 saturated carbocycles. The van der Waals surface area contributed by atoms with E-state index >= 15 is 0 Å². The van der Waals surface area contributed by atoms with Gasteiger partial charge in [0.15, 0.2) is 0 Å². The van der Waals surface area contributed by atoms with Crippen LogP contribution in [0.1, 0.15) is 27.9 Å². The molecular weight excluding hydrogens is 260 g/mol. The minimum Gasteiger partial charge on any atom is -0.464 e. The molecule has 0 aliphatic heterocycles. The zero-order chi connectivity index (χ0) is 14.5. The third-order valence-electron chi connectivity index (χ3n) is 2.79. The molecule has 0 aliphatic rings. The van der Waals surface area contributed by atoms with E-state index in [1.165, 1.54) is 18.3 Å². The molecule has 2 heterocycles. The molecule has 2 aromatic rings. The maximum Gasteiger partial charge on any atom is 0.253 e. The van der Waals surface area contributed by atoms with Crippen LogP contribution in [0, 0.1) is 6.92 Å². The van der Waals surface area contributed by atoms with Crippen LogP contribution >= 0.6 is 0 Å². The minimum atomic E-state index is -0.381. The number of furan rings is 1. The van der Waals surface area contributed by atoms with E-state index in [2.05, 4.69) is 10.3 Å². The number of carbonyl (C=O) groups excluding carboxylic acids is 1. The molecule has 0 spiro atoms. The van der Waals surface area contributed by atoms with Crippen molar-refractivity contribution in [2.24, 2.45) is 0 Å². The Morgan fingerprint density at radius 3 is 2.75 bits per heavy atom. The first-order chi connectivity index (χ1) is 9.60. The normalized spacial score (nSPS) is 12.1. The van der Waals surface area contributed by atoms with Gasteiger partial charge in [0.2, 0.25) is 5.56 Å². The van der Waals surface area contributed by atoms with E-state index < -0.39 is 0 Å². The van der Waals surface area contributed by atoms with Crippen molar-refractivity contribution in [1.82, 2.24) is 10.3 Å².